The van der Waals surface area contributed by atoms with Gasteiger partial charge >= 0.3 is 0 Å². The predicted molar refractivity (Wildman–Crippen MR) is 117 cm³/mol. The highest BCUT2D eigenvalue weighted by Gasteiger charge is 2.09. The van der Waals surface area contributed by atoms with Gasteiger partial charge in [0.15, 0.2) is 0 Å². The maximum atomic E-state index is 6.18. The Labute approximate surface area is 166 Å². The molecule has 0 aliphatic heterocycles. The number of halogens is 1. The van der Waals surface area contributed by atoms with Gasteiger partial charge in [-0.1, -0.05) is 103 Å². The number of nitrogens with zero attached hydrogens (tertiary/aromatic N) is 1. The molecule has 0 spiro atoms. The van der Waals surface area contributed by atoms with Gasteiger partial charge in [0.1, 0.15) is 0 Å². The lowest BCUT2D eigenvalue weighted by Crippen LogP contribution is -2.02. The monoisotopic (exact) mass is 371 g/mol. The van der Waals surface area contributed by atoms with Gasteiger partial charge in [-0.2, -0.15) is 0 Å². The van der Waals surface area contributed by atoms with Gasteiger partial charge in [0.2, 0.25) is 0 Å². The normalized spacial score (nSPS) is 13.3. The molecule has 0 fully saturated rings. The largest absolute Gasteiger partial charge is 0.272 e. The van der Waals surface area contributed by atoms with Crippen molar-refractivity contribution in [3.05, 3.63) is 120 Å². The van der Waals surface area contributed by atoms with Crippen molar-refractivity contribution in [1.82, 2.24) is 0 Å². The van der Waals surface area contributed by atoms with E-state index in [4.69, 9.17) is 16.6 Å². The van der Waals surface area contributed by atoms with Crippen LogP contribution >= 0.6 is 11.6 Å². The Bertz CT molecular complexity index is 935. The number of allylic oxidation sites excluding steroid dienone is 2. The molecule has 3 aromatic carbocycles. The maximum absolute atomic E-state index is 6.18. The summed E-state index contributed by atoms with van der Waals surface area (Å²) in [6, 6.07) is 28.7. The lowest BCUT2D eigenvalue weighted by Gasteiger charge is -2.12. The minimum absolute atomic E-state index is 0.123. The lowest BCUT2D eigenvalue weighted by molar-refractivity contribution is 0.916. The van der Waals surface area contributed by atoms with Crippen LogP contribution in [0, 0.1) is 0 Å². The summed E-state index contributed by atoms with van der Waals surface area (Å²) >= 11 is 6.18. The van der Waals surface area contributed by atoms with Crippen molar-refractivity contribution in [2.24, 2.45) is 4.99 Å². The molecule has 134 valence electrons. The van der Waals surface area contributed by atoms with Crippen molar-refractivity contribution in [3.63, 3.8) is 0 Å². The molecule has 3 rings (SSSR count). The van der Waals surface area contributed by atoms with Crippen LogP contribution in [0.4, 0.5) is 0 Å². The molecule has 0 N–H and O–H groups in total. The van der Waals surface area contributed by atoms with Crippen LogP contribution in [0.25, 0.3) is 11.1 Å². The molecular weight excluding hydrogens is 350 g/mol. The first kappa shape index (κ1) is 18.9. The van der Waals surface area contributed by atoms with Crippen LogP contribution in [0.5, 0.6) is 0 Å². The first-order valence-corrected chi connectivity index (χ1v) is 9.30. The van der Waals surface area contributed by atoms with Crippen LogP contribution in [-0.2, 0) is 0 Å². The van der Waals surface area contributed by atoms with Crippen molar-refractivity contribution in [3.8, 4) is 11.1 Å². The van der Waals surface area contributed by atoms with Crippen molar-refractivity contribution < 1.29 is 0 Å². The molecule has 0 bridgehead atoms. The second-order valence-electron chi connectivity index (χ2n) is 6.28. The summed E-state index contributed by atoms with van der Waals surface area (Å²) < 4.78 is 0. The Morgan fingerprint density at radius 3 is 1.96 bits per heavy atom. The van der Waals surface area contributed by atoms with Crippen LogP contribution in [0.1, 0.15) is 24.1 Å². The first-order chi connectivity index (χ1) is 13.2. The third-order valence-corrected chi connectivity index (χ3v) is 4.38. The highest BCUT2D eigenvalue weighted by atomic mass is 35.5. The Morgan fingerprint density at radius 2 is 1.41 bits per heavy atom. The van der Waals surface area contributed by atoms with Crippen molar-refractivity contribution in [1.29, 1.82) is 0 Å². The Hall–Kier alpha value is -2.90. The van der Waals surface area contributed by atoms with E-state index in [1.54, 1.807) is 0 Å². The number of hydrogen-bond acceptors (Lipinski definition) is 1. The summed E-state index contributed by atoms with van der Waals surface area (Å²) in [5.41, 5.74) is 5.34. The van der Waals surface area contributed by atoms with Gasteiger partial charge in [-0.05, 0) is 35.3 Å². The zero-order valence-corrected chi connectivity index (χ0v) is 16.1. The summed E-state index contributed by atoms with van der Waals surface area (Å²) in [6.45, 7) is 5.82. The van der Waals surface area contributed by atoms with E-state index in [1.165, 1.54) is 11.1 Å². The summed E-state index contributed by atoms with van der Waals surface area (Å²) in [7, 11) is 0. The Morgan fingerprint density at radius 1 is 0.852 bits per heavy atom. The van der Waals surface area contributed by atoms with E-state index in [0.29, 0.717) is 5.03 Å². The van der Waals surface area contributed by atoms with Crippen LogP contribution in [0.3, 0.4) is 0 Å². The average Bonchev–Trinajstić information content (AvgIpc) is 2.72. The maximum Gasteiger partial charge on any atom is 0.0935 e. The fourth-order valence-electron chi connectivity index (χ4n) is 2.91. The molecule has 0 amide bonds. The second-order valence-corrected chi connectivity index (χ2v) is 6.88. The summed E-state index contributed by atoms with van der Waals surface area (Å²) in [5, 5.41) is 0.691. The quantitative estimate of drug-likeness (QED) is 0.320. The zero-order chi connectivity index (χ0) is 19.1. The molecule has 0 saturated heterocycles. The van der Waals surface area contributed by atoms with Gasteiger partial charge in [0, 0.05) is 5.03 Å². The van der Waals surface area contributed by atoms with E-state index in [0.717, 1.165) is 16.8 Å². The molecule has 0 aliphatic carbocycles. The molecule has 0 heterocycles. The first-order valence-electron chi connectivity index (χ1n) is 8.92. The van der Waals surface area contributed by atoms with E-state index in [9.17, 15) is 0 Å². The smallest absolute Gasteiger partial charge is 0.0935 e. The van der Waals surface area contributed by atoms with Crippen LogP contribution in [-0.4, -0.2) is 5.71 Å². The van der Waals surface area contributed by atoms with Gasteiger partial charge in [0.25, 0.3) is 0 Å². The Kier molecular flexibility index (Phi) is 6.40. The lowest BCUT2D eigenvalue weighted by atomic mass is 10.0. The molecule has 3 aromatic rings. The molecular formula is C25H22ClN. The van der Waals surface area contributed by atoms with Crippen molar-refractivity contribution in [2.75, 3.05) is 0 Å². The fraction of sp³-hybridized carbons (Fsp3) is 0.0800. The summed E-state index contributed by atoms with van der Waals surface area (Å²) in [6.07, 6.45) is 3.75. The number of benzene rings is 3. The van der Waals surface area contributed by atoms with Gasteiger partial charge in [-0.25, -0.2) is 0 Å². The van der Waals surface area contributed by atoms with Gasteiger partial charge < -0.3 is 0 Å². The molecule has 0 radical (unpaired) electrons. The molecule has 0 aliphatic rings. The minimum atomic E-state index is -0.123. The van der Waals surface area contributed by atoms with E-state index in [-0.39, 0.29) is 6.04 Å². The van der Waals surface area contributed by atoms with Crippen molar-refractivity contribution >= 4 is 17.3 Å². The molecule has 1 atom stereocenters. The molecule has 0 aromatic heterocycles. The molecule has 1 unspecified atom stereocenters. The predicted octanol–water partition coefficient (Wildman–Crippen LogP) is 7.21. The summed E-state index contributed by atoms with van der Waals surface area (Å²) in [4.78, 5) is 4.92. The van der Waals surface area contributed by atoms with Gasteiger partial charge in [0.05, 0.1) is 11.8 Å². The number of rotatable bonds is 6. The van der Waals surface area contributed by atoms with Crippen molar-refractivity contribution in [2.45, 2.75) is 13.0 Å². The fourth-order valence-corrected chi connectivity index (χ4v) is 3.01. The van der Waals surface area contributed by atoms with E-state index >= 15 is 0 Å². The highest BCUT2D eigenvalue weighted by molar-refractivity contribution is 6.31. The highest BCUT2D eigenvalue weighted by Crippen LogP contribution is 2.23. The third kappa shape index (κ3) is 5.06. The SMILES string of the molecule is C=CC(N=C(/C=C(\C)Cl)c1ccc(-c2ccccc2)cc1)c1ccccc1. The minimum Gasteiger partial charge on any atom is -0.272 e. The van der Waals surface area contributed by atoms with Crippen LogP contribution in [0.15, 0.2) is 114 Å². The number of hydrogen-bond donors (Lipinski definition) is 0. The third-order valence-electron chi connectivity index (χ3n) is 4.27. The van der Waals surface area contributed by atoms with Gasteiger partial charge in [-0.3, -0.25) is 4.99 Å². The van der Waals surface area contributed by atoms with Crippen LogP contribution in [0.2, 0.25) is 0 Å². The average molecular weight is 372 g/mol. The molecule has 1 nitrogen and oxygen atoms in total. The second kappa shape index (κ2) is 9.16. The standard InChI is InChI=1S/C25H22ClN/c1-3-24(22-12-8-5-9-13-22)27-25(18-19(2)26)23-16-14-21(15-17-23)20-10-6-4-7-11-20/h3-18,24H,1H2,2H3/b19-18+,27-25?. The molecule has 0 saturated carbocycles. The topological polar surface area (TPSA) is 12.4 Å². The molecule has 27 heavy (non-hydrogen) atoms. The zero-order valence-electron chi connectivity index (χ0n) is 15.3. The Balaban J connectivity index is 1.97. The van der Waals surface area contributed by atoms with E-state index in [2.05, 4.69) is 55.1 Å². The van der Waals surface area contributed by atoms with E-state index in [1.807, 2.05) is 55.5 Å². The van der Waals surface area contributed by atoms with Crippen LogP contribution < -0.4 is 0 Å². The van der Waals surface area contributed by atoms with Gasteiger partial charge in [-0.15, -0.1) is 6.58 Å². The number of aliphatic imine (C=N–C) groups is 1. The van der Waals surface area contributed by atoms with E-state index < -0.39 is 0 Å². The summed E-state index contributed by atoms with van der Waals surface area (Å²) in [5.74, 6) is 0. The molecule has 2 heteroatoms.